The van der Waals surface area contributed by atoms with Crippen molar-refractivity contribution in [3.8, 4) is 17.2 Å². The molecule has 1 aromatic heterocycles. The van der Waals surface area contributed by atoms with E-state index in [4.69, 9.17) is 16.1 Å². The smallest absolute Gasteiger partial charge is 0.387 e. The van der Waals surface area contributed by atoms with E-state index in [0.29, 0.717) is 11.4 Å². The van der Waals surface area contributed by atoms with Crippen molar-refractivity contribution in [1.82, 2.24) is 10.1 Å². The van der Waals surface area contributed by atoms with E-state index in [0.717, 1.165) is 0 Å². The van der Waals surface area contributed by atoms with Crippen molar-refractivity contribution in [2.24, 2.45) is 0 Å². The first-order valence-electron chi connectivity index (χ1n) is 5.09. The fourth-order valence-corrected chi connectivity index (χ4v) is 1.38. The highest BCUT2D eigenvalue weighted by molar-refractivity contribution is 6.20. The normalized spacial score (nSPS) is 12.7. The summed E-state index contributed by atoms with van der Waals surface area (Å²) in [5, 5.41) is 3.34. The largest absolute Gasteiger partial charge is 0.435 e. The maximum atomic E-state index is 12.0. The molecule has 0 radical (unpaired) electrons. The van der Waals surface area contributed by atoms with Gasteiger partial charge in [0.1, 0.15) is 5.75 Å². The lowest BCUT2D eigenvalue weighted by molar-refractivity contribution is -0.0498. The van der Waals surface area contributed by atoms with Crippen molar-refractivity contribution in [2.75, 3.05) is 0 Å². The van der Waals surface area contributed by atoms with Gasteiger partial charge in [0.15, 0.2) is 5.82 Å². The van der Waals surface area contributed by atoms with Gasteiger partial charge >= 0.3 is 6.61 Å². The quantitative estimate of drug-likeness (QED) is 0.799. The fourth-order valence-electron chi connectivity index (χ4n) is 1.29. The van der Waals surface area contributed by atoms with Crippen molar-refractivity contribution in [3.63, 3.8) is 0 Å². The molecule has 0 saturated heterocycles. The average Bonchev–Trinajstić information content (AvgIpc) is 2.78. The van der Waals surface area contributed by atoms with E-state index in [-0.39, 0.29) is 17.0 Å². The van der Waals surface area contributed by atoms with Gasteiger partial charge in [0.05, 0.1) is 5.38 Å². The molecule has 0 aliphatic carbocycles. The predicted octanol–water partition coefficient (Wildman–Crippen LogP) is 3.64. The number of alkyl halides is 3. The molecule has 1 aromatic carbocycles. The summed E-state index contributed by atoms with van der Waals surface area (Å²) in [6.07, 6.45) is 0. The Morgan fingerprint density at radius 3 is 2.44 bits per heavy atom. The average molecular weight is 275 g/mol. The Labute approximate surface area is 107 Å². The third-order valence-electron chi connectivity index (χ3n) is 2.12. The van der Waals surface area contributed by atoms with E-state index in [1.807, 2.05) is 0 Å². The molecular formula is C11H9ClF2N2O2. The molecule has 2 aromatic rings. The molecule has 0 aliphatic heterocycles. The van der Waals surface area contributed by atoms with E-state index in [1.54, 1.807) is 19.1 Å². The summed E-state index contributed by atoms with van der Waals surface area (Å²) in [7, 11) is 0. The third kappa shape index (κ3) is 2.95. The Morgan fingerprint density at radius 2 is 1.94 bits per heavy atom. The van der Waals surface area contributed by atoms with E-state index in [9.17, 15) is 8.78 Å². The van der Waals surface area contributed by atoms with Gasteiger partial charge in [-0.2, -0.15) is 13.8 Å². The Kier molecular flexibility index (Phi) is 3.76. The van der Waals surface area contributed by atoms with Crippen LogP contribution in [0, 0.1) is 0 Å². The summed E-state index contributed by atoms with van der Waals surface area (Å²) < 4.78 is 33.1. The number of rotatable bonds is 4. The number of nitrogens with zero attached hydrogens (tertiary/aromatic N) is 2. The van der Waals surface area contributed by atoms with Gasteiger partial charge in [-0.3, -0.25) is 0 Å². The summed E-state index contributed by atoms with van der Waals surface area (Å²) in [4.78, 5) is 4.07. The van der Waals surface area contributed by atoms with Gasteiger partial charge in [0.25, 0.3) is 5.89 Å². The van der Waals surface area contributed by atoms with Gasteiger partial charge in [-0.25, -0.2) is 0 Å². The van der Waals surface area contributed by atoms with Crippen LogP contribution in [0.4, 0.5) is 8.78 Å². The second kappa shape index (κ2) is 5.30. The van der Waals surface area contributed by atoms with Crippen LogP contribution in [0.5, 0.6) is 5.75 Å². The summed E-state index contributed by atoms with van der Waals surface area (Å²) in [6.45, 7) is -1.13. The van der Waals surface area contributed by atoms with Gasteiger partial charge in [0, 0.05) is 5.56 Å². The van der Waals surface area contributed by atoms with Crippen molar-refractivity contribution in [2.45, 2.75) is 18.9 Å². The molecule has 7 heteroatoms. The van der Waals surface area contributed by atoms with Crippen LogP contribution in [0.1, 0.15) is 18.1 Å². The minimum absolute atomic E-state index is 0.0687. The molecule has 1 atom stereocenters. The Morgan fingerprint density at radius 1 is 1.28 bits per heavy atom. The maximum Gasteiger partial charge on any atom is 0.387 e. The van der Waals surface area contributed by atoms with Crippen LogP contribution in [0.2, 0.25) is 0 Å². The minimum atomic E-state index is -2.84. The zero-order valence-corrected chi connectivity index (χ0v) is 10.1. The molecular weight excluding hydrogens is 266 g/mol. The fraction of sp³-hybridized carbons (Fsp3) is 0.273. The highest BCUT2D eigenvalue weighted by Crippen LogP contribution is 2.24. The van der Waals surface area contributed by atoms with Gasteiger partial charge < -0.3 is 9.26 Å². The van der Waals surface area contributed by atoms with Crippen molar-refractivity contribution in [1.29, 1.82) is 0 Å². The van der Waals surface area contributed by atoms with Crippen molar-refractivity contribution >= 4 is 11.6 Å². The van der Waals surface area contributed by atoms with Gasteiger partial charge in [-0.05, 0) is 31.2 Å². The van der Waals surface area contributed by atoms with Crippen LogP contribution in [-0.2, 0) is 0 Å². The topological polar surface area (TPSA) is 48.2 Å². The number of aromatic nitrogens is 2. The predicted molar refractivity (Wildman–Crippen MR) is 60.6 cm³/mol. The minimum Gasteiger partial charge on any atom is -0.435 e. The molecule has 2 rings (SSSR count). The number of ether oxygens (including phenoxy) is 1. The second-order valence-electron chi connectivity index (χ2n) is 3.48. The molecule has 0 spiro atoms. The zero-order chi connectivity index (χ0) is 13.1. The molecule has 96 valence electrons. The molecule has 4 nitrogen and oxygen atoms in total. The van der Waals surface area contributed by atoms with Gasteiger partial charge in [-0.1, -0.05) is 5.16 Å². The maximum absolute atomic E-state index is 12.0. The number of hydrogen-bond donors (Lipinski definition) is 0. The summed E-state index contributed by atoms with van der Waals surface area (Å²) in [5.41, 5.74) is 0.604. The van der Waals surface area contributed by atoms with E-state index >= 15 is 0 Å². The van der Waals surface area contributed by atoms with E-state index in [2.05, 4.69) is 14.9 Å². The molecule has 0 amide bonds. The molecule has 1 unspecified atom stereocenters. The van der Waals surface area contributed by atoms with Crippen LogP contribution in [-0.4, -0.2) is 16.8 Å². The van der Waals surface area contributed by atoms with Gasteiger partial charge in [-0.15, -0.1) is 11.6 Å². The molecule has 1 heterocycles. The lowest BCUT2D eigenvalue weighted by Crippen LogP contribution is -2.01. The molecule has 0 N–H and O–H groups in total. The molecule has 0 bridgehead atoms. The van der Waals surface area contributed by atoms with Crippen LogP contribution < -0.4 is 4.74 Å². The van der Waals surface area contributed by atoms with E-state index in [1.165, 1.54) is 12.1 Å². The first-order chi connectivity index (χ1) is 8.56. The summed E-state index contributed by atoms with van der Waals surface area (Å²) >= 11 is 5.80. The molecule has 0 saturated carbocycles. The summed E-state index contributed by atoms with van der Waals surface area (Å²) in [5.74, 6) is 0.722. The monoisotopic (exact) mass is 274 g/mol. The number of halogens is 3. The number of benzene rings is 1. The SMILES string of the molecule is CC(Cl)c1noc(-c2ccc(OC(F)F)cc2)n1. The van der Waals surface area contributed by atoms with Crippen molar-refractivity contribution < 1.29 is 18.0 Å². The first-order valence-corrected chi connectivity index (χ1v) is 5.53. The first kappa shape index (κ1) is 12.8. The lowest BCUT2D eigenvalue weighted by Gasteiger charge is -2.03. The van der Waals surface area contributed by atoms with Crippen molar-refractivity contribution in [3.05, 3.63) is 30.1 Å². The lowest BCUT2D eigenvalue weighted by atomic mass is 10.2. The highest BCUT2D eigenvalue weighted by atomic mass is 35.5. The van der Waals surface area contributed by atoms with E-state index < -0.39 is 6.61 Å². The molecule has 18 heavy (non-hydrogen) atoms. The highest BCUT2D eigenvalue weighted by Gasteiger charge is 2.13. The Balaban J connectivity index is 2.17. The number of hydrogen-bond acceptors (Lipinski definition) is 4. The van der Waals surface area contributed by atoms with Gasteiger partial charge in [0.2, 0.25) is 0 Å². The zero-order valence-electron chi connectivity index (χ0n) is 9.31. The van der Waals surface area contributed by atoms with Crippen LogP contribution in [0.3, 0.4) is 0 Å². The van der Waals surface area contributed by atoms with Crippen LogP contribution in [0.25, 0.3) is 11.5 Å². The summed E-state index contributed by atoms with van der Waals surface area (Å²) in [6, 6.07) is 5.90. The van der Waals surface area contributed by atoms with Crippen LogP contribution >= 0.6 is 11.6 Å². The molecule has 0 fully saturated rings. The Hall–Kier alpha value is -1.69. The molecule has 0 aliphatic rings. The Bertz CT molecular complexity index is 514. The standard InChI is InChI=1S/C11H9ClF2N2O2/c1-6(12)9-15-10(18-16-9)7-2-4-8(5-3-7)17-11(13)14/h2-6,11H,1H3. The second-order valence-corrected chi connectivity index (χ2v) is 4.13. The third-order valence-corrected chi connectivity index (χ3v) is 2.32. The van der Waals surface area contributed by atoms with Crippen LogP contribution in [0.15, 0.2) is 28.8 Å².